The van der Waals surface area contributed by atoms with Crippen LogP contribution in [0.5, 0.6) is 0 Å². The van der Waals surface area contributed by atoms with Crippen LogP contribution in [0.15, 0.2) is 60.7 Å². The summed E-state index contributed by atoms with van der Waals surface area (Å²) in [5.41, 5.74) is 4.58. The van der Waals surface area contributed by atoms with Gasteiger partial charge in [-0.1, -0.05) is 67.1 Å². The predicted molar refractivity (Wildman–Crippen MR) is 99.1 cm³/mol. The van der Waals surface area contributed by atoms with E-state index in [0.29, 0.717) is 6.61 Å². The van der Waals surface area contributed by atoms with Gasteiger partial charge < -0.3 is 4.90 Å². The van der Waals surface area contributed by atoms with E-state index in [1.54, 1.807) is 0 Å². The number of carbonyl (C=O) groups excluding carboxylic acids is 1. The number of benzene rings is 2. The third kappa shape index (κ3) is 5.15. The van der Waals surface area contributed by atoms with E-state index in [2.05, 4.69) is 10.4 Å². The average molecular weight is 338 g/mol. The molecule has 2 aromatic rings. The van der Waals surface area contributed by atoms with Crippen molar-refractivity contribution in [3.05, 3.63) is 71.8 Å². The molecule has 0 aliphatic carbocycles. The van der Waals surface area contributed by atoms with Crippen molar-refractivity contribution >= 4 is 5.91 Å². The van der Waals surface area contributed by atoms with Crippen LogP contribution in [0.2, 0.25) is 0 Å². The molecule has 1 heterocycles. The predicted octanol–water partition coefficient (Wildman–Crippen LogP) is 3.35. The highest BCUT2D eigenvalue weighted by Gasteiger charge is 2.22. The Labute approximate surface area is 149 Å². The molecule has 132 valence electrons. The summed E-state index contributed by atoms with van der Waals surface area (Å²) in [6, 6.07) is 19.6. The number of rotatable bonds is 7. The third-order valence-corrected chi connectivity index (χ3v) is 4.66. The van der Waals surface area contributed by atoms with Crippen molar-refractivity contribution in [3.8, 4) is 0 Å². The summed E-state index contributed by atoms with van der Waals surface area (Å²) in [4.78, 5) is 20.6. The van der Waals surface area contributed by atoms with Crippen molar-refractivity contribution in [1.29, 1.82) is 0 Å². The summed E-state index contributed by atoms with van der Waals surface area (Å²) in [5.74, 6) is -0.492. The first kappa shape index (κ1) is 17.6. The maximum Gasteiger partial charge on any atom is 0.255 e. The zero-order chi connectivity index (χ0) is 17.3. The molecule has 1 saturated heterocycles. The van der Waals surface area contributed by atoms with Crippen LogP contribution >= 0.6 is 0 Å². The second-order valence-electron chi connectivity index (χ2n) is 6.47. The topological polar surface area (TPSA) is 41.6 Å². The molecule has 4 heteroatoms. The normalized spacial score (nSPS) is 15.2. The van der Waals surface area contributed by atoms with Crippen molar-refractivity contribution in [1.82, 2.24) is 10.4 Å². The molecule has 3 rings (SSSR count). The summed E-state index contributed by atoms with van der Waals surface area (Å²) in [5, 5.41) is 0. The maximum atomic E-state index is 12.7. The van der Waals surface area contributed by atoms with Gasteiger partial charge in [0.15, 0.2) is 0 Å². The van der Waals surface area contributed by atoms with Gasteiger partial charge in [-0.25, -0.2) is 5.48 Å². The van der Waals surface area contributed by atoms with Crippen molar-refractivity contribution in [3.63, 3.8) is 0 Å². The Morgan fingerprint density at radius 3 is 2.04 bits per heavy atom. The highest BCUT2D eigenvalue weighted by Crippen LogP contribution is 2.24. The van der Waals surface area contributed by atoms with Crippen LogP contribution in [0, 0.1) is 0 Å². The molecule has 4 nitrogen and oxygen atoms in total. The number of nitrogens with one attached hydrogen (secondary N) is 1. The number of nitrogens with zero attached hydrogens (tertiary/aromatic N) is 1. The van der Waals surface area contributed by atoms with E-state index in [4.69, 9.17) is 4.84 Å². The van der Waals surface area contributed by atoms with E-state index in [1.807, 2.05) is 60.7 Å². The second kappa shape index (κ2) is 9.35. The minimum Gasteiger partial charge on any atom is -0.301 e. The largest absolute Gasteiger partial charge is 0.301 e. The first-order valence-corrected chi connectivity index (χ1v) is 9.08. The van der Waals surface area contributed by atoms with Crippen molar-refractivity contribution in [2.24, 2.45) is 0 Å². The van der Waals surface area contributed by atoms with Crippen molar-refractivity contribution in [2.45, 2.75) is 25.2 Å². The van der Waals surface area contributed by atoms with Gasteiger partial charge in [0.25, 0.3) is 5.91 Å². The Balaban J connectivity index is 1.58. The Hall–Kier alpha value is -2.17. The van der Waals surface area contributed by atoms with Gasteiger partial charge in [-0.3, -0.25) is 9.63 Å². The van der Waals surface area contributed by atoms with E-state index in [9.17, 15) is 4.79 Å². The van der Waals surface area contributed by atoms with Crippen LogP contribution in [0.25, 0.3) is 0 Å². The lowest BCUT2D eigenvalue weighted by molar-refractivity contribution is -0.134. The van der Waals surface area contributed by atoms with Gasteiger partial charge in [-0.15, -0.1) is 0 Å². The summed E-state index contributed by atoms with van der Waals surface area (Å²) in [7, 11) is 0. The van der Waals surface area contributed by atoms with Crippen molar-refractivity contribution in [2.75, 3.05) is 26.2 Å². The SMILES string of the molecule is O=C(NOCCN1CCCCC1)C(c1ccccc1)c1ccccc1. The molecule has 0 spiro atoms. The van der Waals surface area contributed by atoms with E-state index in [0.717, 1.165) is 30.8 Å². The highest BCUT2D eigenvalue weighted by molar-refractivity contribution is 5.86. The zero-order valence-electron chi connectivity index (χ0n) is 14.6. The lowest BCUT2D eigenvalue weighted by atomic mass is 9.91. The summed E-state index contributed by atoms with van der Waals surface area (Å²) in [6.07, 6.45) is 3.84. The molecule has 1 aliphatic rings. The Morgan fingerprint density at radius 2 is 1.48 bits per heavy atom. The number of hydrogen-bond acceptors (Lipinski definition) is 3. The third-order valence-electron chi connectivity index (χ3n) is 4.66. The molecular weight excluding hydrogens is 312 g/mol. The minimum absolute atomic E-state index is 0.129. The average Bonchev–Trinajstić information content (AvgIpc) is 2.68. The number of piperidine rings is 1. The molecule has 1 amide bonds. The van der Waals surface area contributed by atoms with Gasteiger partial charge in [-0.05, 0) is 37.1 Å². The lowest BCUT2D eigenvalue weighted by Crippen LogP contribution is -2.36. The van der Waals surface area contributed by atoms with E-state index in [1.165, 1.54) is 19.3 Å². The summed E-state index contributed by atoms with van der Waals surface area (Å²) >= 11 is 0. The van der Waals surface area contributed by atoms with Gasteiger partial charge in [0.1, 0.15) is 0 Å². The van der Waals surface area contributed by atoms with E-state index < -0.39 is 0 Å². The fourth-order valence-corrected chi connectivity index (χ4v) is 3.33. The summed E-state index contributed by atoms with van der Waals surface area (Å²) in [6.45, 7) is 3.64. The van der Waals surface area contributed by atoms with Gasteiger partial charge in [0.2, 0.25) is 0 Å². The first-order chi connectivity index (χ1) is 12.3. The van der Waals surface area contributed by atoms with Crippen LogP contribution in [0.4, 0.5) is 0 Å². The van der Waals surface area contributed by atoms with Gasteiger partial charge in [0.05, 0.1) is 12.5 Å². The first-order valence-electron chi connectivity index (χ1n) is 9.08. The number of likely N-dealkylation sites (tertiary alicyclic amines) is 1. The molecule has 0 unspecified atom stereocenters. The molecule has 0 radical (unpaired) electrons. The van der Waals surface area contributed by atoms with Crippen LogP contribution in [0.3, 0.4) is 0 Å². The fraction of sp³-hybridized carbons (Fsp3) is 0.381. The number of amides is 1. The molecule has 1 aliphatic heterocycles. The molecule has 0 bridgehead atoms. The number of hydrogen-bond donors (Lipinski definition) is 1. The molecule has 2 aromatic carbocycles. The molecule has 0 saturated carbocycles. The Kier molecular flexibility index (Phi) is 6.60. The zero-order valence-corrected chi connectivity index (χ0v) is 14.6. The van der Waals surface area contributed by atoms with Crippen LogP contribution in [-0.2, 0) is 9.63 Å². The molecule has 25 heavy (non-hydrogen) atoms. The maximum absolute atomic E-state index is 12.7. The fourth-order valence-electron chi connectivity index (χ4n) is 3.33. The summed E-state index contributed by atoms with van der Waals surface area (Å²) < 4.78 is 0. The molecule has 1 N–H and O–H groups in total. The van der Waals surface area contributed by atoms with Gasteiger partial charge >= 0.3 is 0 Å². The number of hydroxylamine groups is 1. The quantitative estimate of drug-likeness (QED) is 0.622. The second-order valence-corrected chi connectivity index (χ2v) is 6.47. The monoisotopic (exact) mass is 338 g/mol. The van der Waals surface area contributed by atoms with Crippen LogP contribution < -0.4 is 5.48 Å². The van der Waals surface area contributed by atoms with Crippen molar-refractivity contribution < 1.29 is 9.63 Å². The Bertz CT molecular complexity index is 600. The van der Waals surface area contributed by atoms with Gasteiger partial charge in [-0.2, -0.15) is 0 Å². The van der Waals surface area contributed by atoms with Crippen LogP contribution in [-0.4, -0.2) is 37.0 Å². The van der Waals surface area contributed by atoms with Crippen LogP contribution in [0.1, 0.15) is 36.3 Å². The van der Waals surface area contributed by atoms with Gasteiger partial charge in [0, 0.05) is 6.54 Å². The molecular formula is C21H26N2O2. The standard InChI is InChI=1S/C21H26N2O2/c24-21(22-25-17-16-23-14-8-3-9-15-23)20(18-10-4-1-5-11-18)19-12-6-2-7-13-19/h1-2,4-7,10-13,20H,3,8-9,14-17H2,(H,22,24). The smallest absolute Gasteiger partial charge is 0.255 e. The van der Waals surface area contributed by atoms with E-state index >= 15 is 0 Å². The van der Waals surface area contributed by atoms with E-state index in [-0.39, 0.29) is 11.8 Å². The lowest BCUT2D eigenvalue weighted by Gasteiger charge is -2.26. The number of carbonyl (C=O) groups is 1. The molecule has 0 atom stereocenters. The molecule has 0 aromatic heterocycles. The Morgan fingerprint density at radius 1 is 0.920 bits per heavy atom. The minimum atomic E-state index is -0.364. The highest BCUT2D eigenvalue weighted by atomic mass is 16.7. The molecule has 1 fully saturated rings.